The molecule has 1 aromatic carbocycles. The highest BCUT2D eigenvalue weighted by molar-refractivity contribution is 9.10. The zero-order valence-corrected chi connectivity index (χ0v) is 12.3. The van der Waals surface area contributed by atoms with Gasteiger partial charge in [0.15, 0.2) is 0 Å². The molecule has 2 heterocycles. The first kappa shape index (κ1) is 11.9. The maximum Gasteiger partial charge on any atom is 0.232 e. The highest BCUT2D eigenvalue weighted by atomic mass is 79.9. The van der Waals surface area contributed by atoms with Crippen LogP contribution in [0.4, 0.5) is 5.69 Å². The average molecular weight is 322 g/mol. The first-order chi connectivity index (χ1) is 8.65. The molecule has 1 aliphatic rings. The minimum absolute atomic E-state index is 0.0603. The molecule has 18 heavy (non-hydrogen) atoms. The lowest BCUT2D eigenvalue weighted by atomic mass is 9.95. The Morgan fingerprint density at radius 1 is 1.39 bits per heavy atom. The van der Waals surface area contributed by atoms with Crippen LogP contribution in [-0.4, -0.2) is 5.91 Å². The van der Waals surface area contributed by atoms with Gasteiger partial charge in [-0.25, -0.2) is 0 Å². The van der Waals surface area contributed by atoms with Crippen LogP contribution in [0.5, 0.6) is 0 Å². The van der Waals surface area contributed by atoms with E-state index in [1.165, 1.54) is 10.4 Å². The molecule has 0 spiro atoms. The van der Waals surface area contributed by atoms with Crippen LogP contribution in [0.3, 0.4) is 0 Å². The Balaban J connectivity index is 1.96. The molecule has 2 nitrogen and oxygen atoms in total. The number of fused-ring (bicyclic) bond motifs is 1. The molecule has 3 rings (SSSR count). The van der Waals surface area contributed by atoms with E-state index < -0.39 is 0 Å². The Labute approximate surface area is 118 Å². The van der Waals surface area contributed by atoms with Crippen molar-refractivity contribution in [3.63, 3.8) is 0 Å². The number of thiophene rings is 1. The van der Waals surface area contributed by atoms with Crippen molar-refractivity contribution in [2.45, 2.75) is 19.3 Å². The third-order valence-electron chi connectivity index (χ3n) is 3.32. The highest BCUT2D eigenvalue weighted by Crippen LogP contribution is 2.37. The summed E-state index contributed by atoms with van der Waals surface area (Å²) in [5.74, 6) is 0.0470. The maximum absolute atomic E-state index is 12.1. The molecular formula is C14H12BrNOS. The summed E-state index contributed by atoms with van der Waals surface area (Å²) in [5, 5.41) is 5.03. The molecule has 1 aromatic heterocycles. The number of carbonyl (C=O) groups is 1. The predicted octanol–water partition coefficient (Wildman–Crippen LogP) is 4.10. The molecule has 1 aliphatic heterocycles. The van der Waals surface area contributed by atoms with Gasteiger partial charge in [0.1, 0.15) is 0 Å². The molecule has 2 aromatic rings. The van der Waals surface area contributed by atoms with Crippen molar-refractivity contribution in [3.05, 3.63) is 50.1 Å². The fourth-order valence-electron chi connectivity index (χ4n) is 2.30. The van der Waals surface area contributed by atoms with Crippen LogP contribution >= 0.6 is 27.3 Å². The number of carbonyl (C=O) groups excluding carboxylic acids is 1. The maximum atomic E-state index is 12.1. The minimum Gasteiger partial charge on any atom is -0.325 e. The summed E-state index contributed by atoms with van der Waals surface area (Å²) in [6, 6.07) is 8.06. The van der Waals surface area contributed by atoms with E-state index in [1.807, 2.05) is 18.2 Å². The van der Waals surface area contributed by atoms with E-state index in [2.05, 4.69) is 39.6 Å². The lowest BCUT2D eigenvalue weighted by Crippen LogP contribution is -2.14. The Morgan fingerprint density at radius 3 is 2.94 bits per heavy atom. The van der Waals surface area contributed by atoms with Crippen LogP contribution in [0.1, 0.15) is 21.9 Å². The van der Waals surface area contributed by atoms with E-state index in [0.717, 1.165) is 22.1 Å². The van der Waals surface area contributed by atoms with Gasteiger partial charge >= 0.3 is 0 Å². The molecule has 0 saturated heterocycles. The summed E-state index contributed by atoms with van der Waals surface area (Å²) in [6.07, 6.45) is 0.790. The Bertz CT molecular complexity index is 620. The number of hydrogen-bond acceptors (Lipinski definition) is 2. The van der Waals surface area contributed by atoms with Crippen LogP contribution in [0, 0.1) is 6.92 Å². The molecular weight excluding hydrogens is 310 g/mol. The third-order valence-corrected chi connectivity index (χ3v) is 4.86. The lowest BCUT2D eigenvalue weighted by Gasteiger charge is -2.08. The molecule has 1 unspecified atom stereocenters. The average Bonchev–Trinajstić information content (AvgIpc) is 2.86. The van der Waals surface area contributed by atoms with Crippen molar-refractivity contribution in [2.24, 2.45) is 0 Å². The van der Waals surface area contributed by atoms with Crippen molar-refractivity contribution in [3.8, 4) is 0 Å². The molecule has 4 heteroatoms. The topological polar surface area (TPSA) is 29.1 Å². The van der Waals surface area contributed by atoms with Crippen LogP contribution in [0.2, 0.25) is 0 Å². The second-order valence-corrected chi connectivity index (χ2v) is 6.42. The third kappa shape index (κ3) is 1.99. The summed E-state index contributed by atoms with van der Waals surface area (Å²) >= 11 is 5.19. The quantitative estimate of drug-likeness (QED) is 0.886. The number of benzene rings is 1. The molecule has 1 atom stereocenters. The number of halogens is 1. The van der Waals surface area contributed by atoms with Gasteiger partial charge in [-0.15, -0.1) is 11.3 Å². The Morgan fingerprint density at radius 2 is 2.22 bits per heavy atom. The fourth-order valence-corrected chi connectivity index (χ4v) is 3.63. The van der Waals surface area contributed by atoms with Gasteiger partial charge in [0.05, 0.1) is 5.92 Å². The summed E-state index contributed by atoms with van der Waals surface area (Å²) in [7, 11) is 0. The zero-order chi connectivity index (χ0) is 12.7. The van der Waals surface area contributed by atoms with Crippen molar-refractivity contribution in [1.82, 2.24) is 0 Å². The van der Waals surface area contributed by atoms with Crippen molar-refractivity contribution >= 4 is 38.9 Å². The largest absolute Gasteiger partial charge is 0.325 e. The number of nitrogens with one attached hydrogen (secondary N) is 1. The van der Waals surface area contributed by atoms with Gasteiger partial charge in [-0.3, -0.25) is 4.79 Å². The Kier molecular flexibility index (Phi) is 2.99. The number of rotatable bonds is 2. The van der Waals surface area contributed by atoms with Crippen molar-refractivity contribution in [2.75, 3.05) is 5.32 Å². The summed E-state index contributed by atoms with van der Waals surface area (Å²) in [4.78, 5) is 13.4. The molecule has 0 aliphatic carbocycles. The molecule has 0 bridgehead atoms. The Hall–Kier alpha value is -1.13. The van der Waals surface area contributed by atoms with Gasteiger partial charge in [-0.1, -0.05) is 15.9 Å². The molecule has 0 saturated carbocycles. The summed E-state index contributed by atoms with van der Waals surface area (Å²) < 4.78 is 1.02. The molecule has 1 N–H and O–H groups in total. The number of anilines is 1. The van der Waals surface area contributed by atoms with Crippen molar-refractivity contribution in [1.29, 1.82) is 0 Å². The second-order valence-electron chi connectivity index (χ2n) is 4.50. The van der Waals surface area contributed by atoms with E-state index in [0.29, 0.717) is 0 Å². The van der Waals surface area contributed by atoms with Gasteiger partial charge in [0, 0.05) is 15.0 Å². The molecule has 92 valence electrons. The molecule has 0 radical (unpaired) electrons. The smallest absolute Gasteiger partial charge is 0.232 e. The van der Waals surface area contributed by atoms with E-state index in [-0.39, 0.29) is 11.8 Å². The van der Waals surface area contributed by atoms with Crippen LogP contribution in [0.25, 0.3) is 0 Å². The second kappa shape index (κ2) is 4.52. The van der Waals surface area contributed by atoms with Gasteiger partial charge in [-0.05, 0) is 54.1 Å². The normalized spacial score (nSPS) is 17.7. The van der Waals surface area contributed by atoms with E-state index in [1.54, 1.807) is 11.3 Å². The first-order valence-electron chi connectivity index (χ1n) is 5.78. The number of amides is 1. The lowest BCUT2D eigenvalue weighted by molar-refractivity contribution is -0.117. The standard InChI is InChI=1S/C14H12BrNOS/c1-8-4-5-18-13(8)7-11-10-6-9(15)2-3-12(10)16-14(11)17/h2-6,11H,7H2,1H3,(H,16,17). The molecule has 1 amide bonds. The van der Waals surface area contributed by atoms with Crippen LogP contribution in [-0.2, 0) is 11.2 Å². The van der Waals surface area contributed by atoms with Gasteiger partial charge in [-0.2, -0.15) is 0 Å². The van der Waals surface area contributed by atoms with E-state index >= 15 is 0 Å². The highest BCUT2D eigenvalue weighted by Gasteiger charge is 2.31. The van der Waals surface area contributed by atoms with E-state index in [9.17, 15) is 4.79 Å². The first-order valence-corrected chi connectivity index (χ1v) is 7.45. The monoisotopic (exact) mass is 321 g/mol. The summed E-state index contributed by atoms with van der Waals surface area (Å²) in [5.41, 5.74) is 3.32. The minimum atomic E-state index is -0.0603. The van der Waals surface area contributed by atoms with E-state index in [4.69, 9.17) is 0 Å². The van der Waals surface area contributed by atoms with Crippen LogP contribution in [0.15, 0.2) is 34.1 Å². The number of aryl methyl sites for hydroxylation is 1. The van der Waals surface area contributed by atoms with Gasteiger partial charge in [0.25, 0.3) is 0 Å². The van der Waals surface area contributed by atoms with Crippen molar-refractivity contribution < 1.29 is 4.79 Å². The predicted molar refractivity (Wildman–Crippen MR) is 78.3 cm³/mol. The fraction of sp³-hybridized carbons (Fsp3) is 0.214. The van der Waals surface area contributed by atoms with Crippen LogP contribution < -0.4 is 5.32 Å². The molecule has 0 fully saturated rings. The van der Waals surface area contributed by atoms with Gasteiger partial charge in [0.2, 0.25) is 5.91 Å². The number of hydrogen-bond donors (Lipinski definition) is 1. The van der Waals surface area contributed by atoms with Gasteiger partial charge < -0.3 is 5.32 Å². The summed E-state index contributed by atoms with van der Waals surface area (Å²) in [6.45, 7) is 2.10. The SMILES string of the molecule is Cc1ccsc1CC1C(=O)Nc2ccc(Br)cc21. The zero-order valence-electron chi connectivity index (χ0n) is 9.87.